The number of anilines is 2. The van der Waals surface area contributed by atoms with Crippen LogP contribution in [0.3, 0.4) is 0 Å². The molecule has 126 valence electrons. The number of nitrogens with one attached hydrogen (secondary N) is 3. The van der Waals surface area contributed by atoms with E-state index in [9.17, 15) is 9.59 Å². The molecule has 6 heteroatoms. The Bertz CT molecular complexity index is 955. The second-order valence-electron chi connectivity index (χ2n) is 6.38. The summed E-state index contributed by atoms with van der Waals surface area (Å²) in [5.74, 6) is -0.000331. The molecule has 1 saturated carbocycles. The van der Waals surface area contributed by atoms with Crippen LogP contribution in [0.15, 0.2) is 42.6 Å². The van der Waals surface area contributed by atoms with Crippen molar-refractivity contribution in [1.29, 1.82) is 0 Å². The molecule has 3 aromatic rings. The molecule has 25 heavy (non-hydrogen) atoms. The fraction of sp³-hybridized carbons (Fsp3) is 0.211. The highest BCUT2D eigenvalue weighted by Crippen LogP contribution is 2.30. The maximum absolute atomic E-state index is 12.5. The Labute approximate surface area is 144 Å². The normalized spacial score (nSPS) is 13.6. The zero-order valence-electron chi connectivity index (χ0n) is 13.8. The number of rotatable bonds is 4. The van der Waals surface area contributed by atoms with E-state index >= 15 is 0 Å². The van der Waals surface area contributed by atoms with Gasteiger partial charge in [0, 0.05) is 22.6 Å². The Kier molecular flexibility index (Phi) is 3.72. The van der Waals surface area contributed by atoms with Gasteiger partial charge in [0.05, 0.1) is 17.4 Å². The maximum Gasteiger partial charge on any atom is 0.255 e. The van der Waals surface area contributed by atoms with E-state index in [4.69, 9.17) is 0 Å². The number of amides is 2. The van der Waals surface area contributed by atoms with Crippen molar-refractivity contribution in [3.63, 3.8) is 0 Å². The number of benzene rings is 2. The lowest BCUT2D eigenvalue weighted by molar-refractivity contribution is -0.117. The first-order chi connectivity index (χ1) is 12.1. The minimum absolute atomic E-state index is 0.0542. The number of carbonyl (C=O) groups is 2. The lowest BCUT2D eigenvalue weighted by Gasteiger charge is -2.09. The topological polar surface area (TPSA) is 86.9 Å². The monoisotopic (exact) mass is 334 g/mol. The van der Waals surface area contributed by atoms with E-state index in [2.05, 4.69) is 20.8 Å². The summed E-state index contributed by atoms with van der Waals surface area (Å²) in [5, 5.41) is 13.7. The van der Waals surface area contributed by atoms with Crippen LogP contribution < -0.4 is 10.6 Å². The number of carbonyl (C=O) groups excluding carboxylic acids is 2. The zero-order chi connectivity index (χ0) is 17.4. The number of aromatic nitrogens is 2. The highest BCUT2D eigenvalue weighted by molar-refractivity contribution is 6.08. The SMILES string of the molecule is Cc1ccc(NC(=O)c2ccc(NC(=O)C3CC3)cc2)c2[nH]ncc12. The molecular weight excluding hydrogens is 316 g/mol. The van der Waals surface area contributed by atoms with Gasteiger partial charge in [-0.05, 0) is 55.7 Å². The molecule has 1 fully saturated rings. The van der Waals surface area contributed by atoms with Crippen LogP contribution in [-0.4, -0.2) is 22.0 Å². The summed E-state index contributed by atoms with van der Waals surface area (Å²) in [7, 11) is 0. The van der Waals surface area contributed by atoms with Gasteiger partial charge >= 0.3 is 0 Å². The first kappa shape index (κ1) is 15.4. The van der Waals surface area contributed by atoms with Crippen LogP contribution in [-0.2, 0) is 4.79 Å². The summed E-state index contributed by atoms with van der Waals surface area (Å²) in [6.45, 7) is 2.00. The van der Waals surface area contributed by atoms with E-state index in [0.29, 0.717) is 16.9 Å². The third-order valence-electron chi connectivity index (χ3n) is 4.44. The third kappa shape index (κ3) is 3.10. The summed E-state index contributed by atoms with van der Waals surface area (Å²) in [4.78, 5) is 24.2. The van der Waals surface area contributed by atoms with Crippen LogP contribution in [0.5, 0.6) is 0 Å². The smallest absolute Gasteiger partial charge is 0.255 e. The van der Waals surface area contributed by atoms with Gasteiger partial charge in [0.1, 0.15) is 0 Å². The molecule has 0 atom stereocenters. The molecule has 0 unspecified atom stereocenters. The number of hydrogen-bond donors (Lipinski definition) is 3. The number of nitrogens with zero attached hydrogens (tertiary/aromatic N) is 1. The number of H-pyrrole nitrogens is 1. The van der Waals surface area contributed by atoms with Gasteiger partial charge in [0.15, 0.2) is 0 Å². The predicted octanol–water partition coefficient (Wildman–Crippen LogP) is 3.47. The van der Waals surface area contributed by atoms with Gasteiger partial charge in [-0.1, -0.05) is 6.07 Å². The largest absolute Gasteiger partial charge is 0.326 e. The first-order valence-electron chi connectivity index (χ1n) is 8.27. The quantitative estimate of drug-likeness (QED) is 0.683. The minimum atomic E-state index is -0.208. The summed E-state index contributed by atoms with van der Waals surface area (Å²) in [6, 6.07) is 10.7. The number of hydrogen-bond acceptors (Lipinski definition) is 3. The lowest BCUT2D eigenvalue weighted by Crippen LogP contribution is -2.14. The molecule has 0 saturated heterocycles. The van der Waals surface area contributed by atoms with Crippen molar-refractivity contribution in [2.24, 2.45) is 5.92 Å². The third-order valence-corrected chi connectivity index (χ3v) is 4.44. The Hall–Kier alpha value is -3.15. The van der Waals surface area contributed by atoms with E-state index in [1.54, 1.807) is 30.5 Å². The van der Waals surface area contributed by atoms with E-state index < -0.39 is 0 Å². The molecule has 2 amide bonds. The molecule has 1 heterocycles. The summed E-state index contributed by atoms with van der Waals surface area (Å²) < 4.78 is 0. The molecule has 0 spiro atoms. The van der Waals surface area contributed by atoms with Crippen molar-refractivity contribution >= 4 is 34.1 Å². The number of aryl methyl sites for hydroxylation is 1. The molecule has 0 aliphatic heterocycles. The van der Waals surface area contributed by atoms with Crippen molar-refractivity contribution in [3.8, 4) is 0 Å². The second-order valence-corrected chi connectivity index (χ2v) is 6.38. The van der Waals surface area contributed by atoms with Gasteiger partial charge in [-0.3, -0.25) is 14.7 Å². The Morgan fingerprint density at radius 3 is 2.56 bits per heavy atom. The van der Waals surface area contributed by atoms with Crippen molar-refractivity contribution in [2.75, 3.05) is 10.6 Å². The molecule has 3 N–H and O–H groups in total. The van der Waals surface area contributed by atoms with Crippen molar-refractivity contribution in [1.82, 2.24) is 10.2 Å². The van der Waals surface area contributed by atoms with Gasteiger partial charge < -0.3 is 10.6 Å². The Balaban J connectivity index is 1.49. The first-order valence-corrected chi connectivity index (χ1v) is 8.27. The highest BCUT2D eigenvalue weighted by atomic mass is 16.2. The molecule has 0 radical (unpaired) electrons. The lowest BCUT2D eigenvalue weighted by atomic mass is 10.1. The van der Waals surface area contributed by atoms with E-state index in [1.165, 1.54) is 0 Å². The summed E-state index contributed by atoms with van der Waals surface area (Å²) in [5.41, 5.74) is 3.82. The van der Waals surface area contributed by atoms with Crippen molar-refractivity contribution in [3.05, 3.63) is 53.7 Å². The fourth-order valence-corrected chi connectivity index (χ4v) is 2.77. The molecule has 0 bridgehead atoms. The Morgan fingerprint density at radius 1 is 1.08 bits per heavy atom. The van der Waals surface area contributed by atoms with Gasteiger partial charge in [-0.15, -0.1) is 0 Å². The fourth-order valence-electron chi connectivity index (χ4n) is 2.77. The van der Waals surface area contributed by atoms with Crippen LogP contribution in [0.25, 0.3) is 10.9 Å². The van der Waals surface area contributed by atoms with E-state index in [1.807, 2.05) is 19.1 Å². The molecule has 2 aromatic carbocycles. The van der Waals surface area contributed by atoms with Crippen LogP contribution in [0.1, 0.15) is 28.8 Å². The van der Waals surface area contributed by atoms with E-state index in [-0.39, 0.29) is 17.7 Å². The zero-order valence-corrected chi connectivity index (χ0v) is 13.8. The van der Waals surface area contributed by atoms with Crippen molar-refractivity contribution in [2.45, 2.75) is 19.8 Å². The highest BCUT2D eigenvalue weighted by Gasteiger charge is 2.29. The summed E-state index contributed by atoms with van der Waals surface area (Å²) >= 11 is 0. The van der Waals surface area contributed by atoms with Crippen LogP contribution in [0.2, 0.25) is 0 Å². The van der Waals surface area contributed by atoms with Gasteiger partial charge in [-0.2, -0.15) is 5.10 Å². The average Bonchev–Trinajstić information content (AvgIpc) is 3.35. The summed E-state index contributed by atoms with van der Waals surface area (Å²) in [6.07, 6.45) is 3.67. The Morgan fingerprint density at radius 2 is 1.84 bits per heavy atom. The predicted molar refractivity (Wildman–Crippen MR) is 96.6 cm³/mol. The van der Waals surface area contributed by atoms with E-state index in [0.717, 1.165) is 29.3 Å². The molecule has 4 rings (SSSR count). The van der Waals surface area contributed by atoms with Gasteiger partial charge in [-0.25, -0.2) is 0 Å². The second kappa shape index (κ2) is 6.05. The van der Waals surface area contributed by atoms with Crippen molar-refractivity contribution < 1.29 is 9.59 Å². The molecular formula is C19H18N4O2. The standard InChI is InChI=1S/C19H18N4O2/c1-11-2-9-16(17-15(11)10-20-23-17)22-19(25)13-5-7-14(8-6-13)21-18(24)12-3-4-12/h2,5-10,12H,3-4H2,1H3,(H,20,23)(H,21,24)(H,22,25). The maximum atomic E-state index is 12.5. The molecule has 6 nitrogen and oxygen atoms in total. The number of fused-ring (bicyclic) bond motifs is 1. The average molecular weight is 334 g/mol. The molecule has 1 aliphatic rings. The van der Waals surface area contributed by atoms with Gasteiger partial charge in [0.25, 0.3) is 5.91 Å². The number of aromatic amines is 1. The van der Waals surface area contributed by atoms with Crippen LogP contribution in [0, 0.1) is 12.8 Å². The minimum Gasteiger partial charge on any atom is -0.326 e. The van der Waals surface area contributed by atoms with Gasteiger partial charge in [0.2, 0.25) is 5.91 Å². The van der Waals surface area contributed by atoms with Crippen LogP contribution in [0.4, 0.5) is 11.4 Å². The molecule has 1 aliphatic carbocycles. The molecule has 1 aromatic heterocycles. The van der Waals surface area contributed by atoms with Crippen LogP contribution >= 0.6 is 0 Å².